The second-order valence-corrected chi connectivity index (χ2v) is 8.60. The van der Waals surface area contributed by atoms with Gasteiger partial charge in [-0.25, -0.2) is 8.42 Å². The Balaban J connectivity index is 2.73. The molecule has 0 saturated heterocycles. The highest BCUT2D eigenvalue weighted by atomic mass is 32.2. The maximum absolute atomic E-state index is 13.6. The van der Waals surface area contributed by atoms with Gasteiger partial charge in [0.2, 0.25) is 0 Å². The second kappa shape index (κ2) is 8.60. The molecule has 0 aromatic heterocycles. The molecule has 0 atom stereocenters. The van der Waals surface area contributed by atoms with Crippen LogP contribution in [-0.2, 0) is 19.6 Å². The third-order valence-electron chi connectivity index (χ3n) is 4.41. The van der Waals surface area contributed by atoms with E-state index in [2.05, 4.69) is 0 Å². The maximum Gasteiger partial charge on any atom is 0.326 e. The Bertz CT molecular complexity index is 1040. The van der Waals surface area contributed by atoms with Crippen molar-refractivity contribution in [1.29, 1.82) is 0 Å². The fourth-order valence-electron chi connectivity index (χ4n) is 3.27. The van der Waals surface area contributed by atoms with Crippen LogP contribution in [0, 0.1) is 37.8 Å². The number of hydrogen-bond acceptors (Lipinski definition) is 6. The highest BCUT2D eigenvalue weighted by Gasteiger charge is 2.32. The molecule has 0 radical (unpaired) electrons. The molecular formula is C20H24N2O6S. The van der Waals surface area contributed by atoms with Gasteiger partial charge in [0.25, 0.3) is 15.7 Å². The summed E-state index contributed by atoms with van der Waals surface area (Å²) in [5.41, 5.74) is 2.63. The minimum atomic E-state index is -4.28. The lowest BCUT2D eigenvalue weighted by molar-refractivity contribution is -0.385. The number of aryl methyl sites for hydroxylation is 4. The van der Waals surface area contributed by atoms with Crippen LogP contribution < -0.4 is 4.31 Å². The van der Waals surface area contributed by atoms with Crippen LogP contribution in [0.25, 0.3) is 0 Å². The van der Waals surface area contributed by atoms with Crippen molar-refractivity contribution in [2.24, 2.45) is 0 Å². The number of esters is 1. The number of benzene rings is 2. The molecule has 156 valence electrons. The molecule has 0 N–H and O–H groups in total. The molecular weight excluding hydrogens is 396 g/mol. The van der Waals surface area contributed by atoms with Gasteiger partial charge in [0.1, 0.15) is 6.54 Å². The Kier molecular flexibility index (Phi) is 6.63. The molecule has 0 spiro atoms. The molecule has 0 bridgehead atoms. The van der Waals surface area contributed by atoms with E-state index in [0.29, 0.717) is 22.4 Å². The van der Waals surface area contributed by atoms with Crippen molar-refractivity contribution < 1.29 is 22.9 Å². The summed E-state index contributed by atoms with van der Waals surface area (Å²) in [6.45, 7) is 8.14. The van der Waals surface area contributed by atoms with Crippen molar-refractivity contribution in [1.82, 2.24) is 0 Å². The number of nitrogens with zero attached hydrogens (tertiary/aromatic N) is 2. The van der Waals surface area contributed by atoms with E-state index in [9.17, 15) is 23.3 Å². The Hall–Kier alpha value is -2.94. The molecule has 2 aromatic rings. The fourth-order valence-corrected chi connectivity index (χ4v) is 5.06. The zero-order valence-corrected chi connectivity index (χ0v) is 17.9. The number of non-ortho nitro benzene ring substituents is 1. The van der Waals surface area contributed by atoms with Gasteiger partial charge in [-0.2, -0.15) is 0 Å². The van der Waals surface area contributed by atoms with Crippen LogP contribution in [0.15, 0.2) is 35.2 Å². The topological polar surface area (TPSA) is 107 Å². The van der Waals surface area contributed by atoms with Crippen LogP contribution in [0.2, 0.25) is 0 Å². The summed E-state index contributed by atoms with van der Waals surface area (Å²) in [5, 5.41) is 11.2. The van der Waals surface area contributed by atoms with Gasteiger partial charge in [-0.1, -0.05) is 23.8 Å². The molecule has 0 saturated carbocycles. The lowest BCUT2D eigenvalue weighted by atomic mass is 10.1. The van der Waals surface area contributed by atoms with E-state index in [4.69, 9.17) is 4.74 Å². The predicted octanol–water partition coefficient (Wildman–Crippen LogP) is 3.59. The highest BCUT2D eigenvalue weighted by molar-refractivity contribution is 7.93. The van der Waals surface area contributed by atoms with Crippen molar-refractivity contribution in [3.8, 4) is 0 Å². The highest BCUT2D eigenvalue weighted by Crippen LogP contribution is 2.33. The number of carbonyl (C=O) groups excluding carboxylic acids is 1. The van der Waals surface area contributed by atoms with E-state index in [1.807, 2.05) is 19.1 Å². The molecule has 0 aliphatic heterocycles. The summed E-state index contributed by atoms with van der Waals surface area (Å²) in [4.78, 5) is 22.5. The number of nitro groups is 1. The lowest BCUT2D eigenvalue weighted by Gasteiger charge is -2.27. The second-order valence-electron chi connectivity index (χ2n) is 6.77. The van der Waals surface area contributed by atoms with Crippen molar-refractivity contribution in [2.75, 3.05) is 17.5 Å². The van der Waals surface area contributed by atoms with Crippen molar-refractivity contribution in [3.05, 3.63) is 62.7 Å². The normalized spacial score (nSPS) is 11.2. The molecule has 0 heterocycles. The van der Waals surface area contributed by atoms with Gasteiger partial charge in [-0.05, 0) is 51.3 Å². The molecule has 0 fully saturated rings. The molecule has 0 aliphatic carbocycles. The first-order valence-electron chi connectivity index (χ1n) is 9.00. The number of anilines is 1. The van der Waals surface area contributed by atoms with Crippen LogP contribution >= 0.6 is 0 Å². The Morgan fingerprint density at radius 1 is 1.07 bits per heavy atom. The van der Waals surface area contributed by atoms with E-state index in [1.165, 1.54) is 12.1 Å². The standard InChI is InChI=1S/C20H24N2O6S/c1-6-28-19(23)12-21(20-15(4)9-13(2)10-16(20)5)29(26,27)18-11-17(22(24)25)8-7-14(18)3/h7-11H,6,12H2,1-5H3. The number of hydrogen-bond donors (Lipinski definition) is 0. The largest absolute Gasteiger partial charge is 0.465 e. The Morgan fingerprint density at radius 2 is 1.66 bits per heavy atom. The number of nitro benzene ring substituents is 1. The van der Waals surface area contributed by atoms with Crippen LogP contribution in [0.3, 0.4) is 0 Å². The van der Waals surface area contributed by atoms with Gasteiger partial charge in [0.15, 0.2) is 0 Å². The molecule has 2 rings (SSSR count). The zero-order valence-electron chi connectivity index (χ0n) is 17.1. The van der Waals surface area contributed by atoms with Crippen LogP contribution in [0.4, 0.5) is 11.4 Å². The molecule has 9 heteroatoms. The van der Waals surface area contributed by atoms with Gasteiger partial charge < -0.3 is 4.74 Å². The summed E-state index contributed by atoms with van der Waals surface area (Å²) < 4.78 is 33.0. The predicted molar refractivity (Wildman–Crippen MR) is 110 cm³/mol. The van der Waals surface area contributed by atoms with Crippen LogP contribution in [-0.4, -0.2) is 32.5 Å². The Labute approximate surface area is 170 Å². The minimum Gasteiger partial charge on any atom is -0.465 e. The first kappa shape index (κ1) is 22.4. The summed E-state index contributed by atoms with van der Waals surface area (Å²) >= 11 is 0. The molecule has 0 unspecified atom stereocenters. The van der Waals surface area contributed by atoms with Crippen molar-refractivity contribution in [2.45, 2.75) is 39.5 Å². The smallest absolute Gasteiger partial charge is 0.326 e. The number of carbonyl (C=O) groups is 1. The Morgan fingerprint density at radius 3 is 2.17 bits per heavy atom. The number of sulfonamides is 1. The molecule has 2 aromatic carbocycles. The molecule has 0 aliphatic rings. The molecule has 8 nitrogen and oxygen atoms in total. The third kappa shape index (κ3) is 4.73. The van der Waals surface area contributed by atoms with Gasteiger partial charge >= 0.3 is 5.97 Å². The van der Waals surface area contributed by atoms with Gasteiger partial charge in [-0.3, -0.25) is 19.2 Å². The molecule has 0 amide bonds. The van der Waals surface area contributed by atoms with Crippen molar-refractivity contribution >= 4 is 27.4 Å². The van der Waals surface area contributed by atoms with Crippen LogP contribution in [0.5, 0.6) is 0 Å². The van der Waals surface area contributed by atoms with Gasteiger partial charge in [0.05, 0.1) is 22.1 Å². The fraction of sp³-hybridized carbons (Fsp3) is 0.350. The monoisotopic (exact) mass is 420 g/mol. The first-order valence-corrected chi connectivity index (χ1v) is 10.4. The summed E-state index contributed by atoms with van der Waals surface area (Å²) in [7, 11) is -4.28. The first-order chi connectivity index (χ1) is 13.5. The van der Waals surface area contributed by atoms with E-state index < -0.39 is 27.5 Å². The summed E-state index contributed by atoms with van der Waals surface area (Å²) in [6, 6.07) is 7.27. The summed E-state index contributed by atoms with van der Waals surface area (Å²) in [5.74, 6) is -0.710. The lowest BCUT2D eigenvalue weighted by Crippen LogP contribution is -2.38. The van der Waals surface area contributed by atoms with Crippen LogP contribution in [0.1, 0.15) is 29.2 Å². The summed E-state index contributed by atoms with van der Waals surface area (Å²) in [6.07, 6.45) is 0. The van der Waals surface area contributed by atoms with E-state index in [-0.39, 0.29) is 17.2 Å². The SMILES string of the molecule is CCOC(=O)CN(c1c(C)cc(C)cc1C)S(=O)(=O)c1cc([N+](=O)[O-])ccc1C. The zero-order chi connectivity index (χ0) is 21.9. The maximum atomic E-state index is 13.6. The number of rotatable bonds is 7. The van der Waals surface area contributed by atoms with Gasteiger partial charge in [-0.15, -0.1) is 0 Å². The average Bonchev–Trinajstić information content (AvgIpc) is 2.60. The number of ether oxygens (including phenoxy) is 1. The van der Waals surface area contributed by atoms with E-state index in [0.717, 1.165) is 15.9 Å². The van der Waals surface area contributed by atoms with Crippen molar-refractivity contribution in [3.63, 3.8) is 0 Å². The van der Waals surface area contributed by atoms with E-state index >= 15 is 0 Å². The van der Waals surface area contributed by atoms with E-state index in [1.54, 1.807) is 27.7 Å². The van der Waals surface area contributed by atoms with Gasteiger partial charge in [0, 0.05) is 12.1 Å². The third-order valence-corrected chi connectivity index (χ3v) is 6.30. The average molecular weight is 420 g/mol. The molecule has 29 heavy (non-hydrogen) atoms. The quantitative estimate of drug-likeness (QED) is 0.385. The minimum absolute atomic E-state index is 0.106.